The summed E-state index contributed by atoms with van der Waals surface area (Å²) in [6.45, 7) is 6.52. The minimum absolute atomic E-state index is 1.11. The highest BCUT2D eigenvalue weighted by molar-refractivity contribution is 7.13. The van der Waals surface area contributed by atoms with E-state index >= 15 is 0 Å². The molecule has 3 rings (SSSR count). The Balaban J connectivity index is 1.73. The van der Waals surface area contributed by atoms with Gasteiger partial charge in [0, 0.05) is 4.88 Å². The maximum atomic E-state index is 2.33. The van der Waals surface area contributed by atoms with Gasteiger partial charge in [-0.2, -0.15) is 0 Å². The molecule has 3 aromatic rings. The molecule has 0 aliphatic heterocycles. The zero-order chi connectivity index (χ0) is 15.5. The molecule has 22 heavy (non-hydrogen) atoms. The molecule has 2 aromatic carbocycles. The van der Waals surface area contributed by atoms with Gasteiger partial charge in [0.15, 0.2) is 0 Å². The molecule has 0 saturated heterocycles. The molecule has 1 aromatic heterocycles. The van der Waals surface area contributed by atoms with Crippen LogP contribution in [0.1, 0.15) is 27.8 Å². The molecule has 1 heteroatoms. The Morgan fingerprint density at radius 3 is 2.18 bits per heavy atom. The van der Waals surface area contributed by atoms with Gasteiger partial charge in [0.2, 0.25) is 0 Å². The van der Waals surface area contributed by atoms with Gasteiger partial charge in [-0.15, -0.1) is 11.3 Å². The van der Waals surface area contributed by atoms with Crippen LogP contribution in [-0.4, -0.2) is 0 Å². The molecule has 0 nitrogen and oxygen atoms in total. The van der Waals surface area contributed by atoms with Gasteiger partial charge in [-0.25, -0.2) is 0 Å². The molecule has 0 atom stereocenters. The zero-order valence-electron chi connectivity index (χ0n) is 13.5. The van der Waals surface area contributed by atoms with Gasteiger partial charge in [-0.1, -0.05) is 48.0 Å². The van der Waals surface area contributed by atoms with E-state index in [9.17, 15) is 0 Å². The summed E-state index contributed by atoms with van der Waals surface area (Å²) in [6, 6.07) is 18.0. The summed E-state index contributed by atoms with van der Waals surface area (Å²) in [5.74, 6) is 0. The Labute approximate surface area is 137 Å². The van der Waals surface area contributed by atoms with Crippen LogP contribution in [0.15, 0.2) is 53.9 Å². The van der Waals surface area contributed by atoms with E-state index in [4.69, 9.17) is 0 Å². The first-order valence-corrected chi connectivity index (χ1v) is 8.70. The van der Waals surface area contributed by atoms with Gasteiger partial charge in [-0.05, 0) is 72.9 Å². The molecule has 0 fully saturated rings. The number of aryl methyl sites for hydroxylation is 5. The predicted octanol–water partition coefficient (Wildman–Crippen LogP) is 6.13. The van der Waals surface area contributed by atoms with Crippen molar-refractivity contribution in [2.75, 3.05) is 0 Å². The van der Waals surface area contributed by atoms with Crippen LogP contribution in [0.25, 0.3) is 10.4 Å². The maximum Gasteiger partial charge on any atom is 0.0345 e. The lowest BCUT2D eigenvalue weighted by atomic mass is 9.98. The van der Waals surface area contributed by atoms with Gasteiger partial charge in [-0.3, -0.25) is 0 Å². The van der Waals surface area contributed by atoms with Gasteiger partial charge >= 0.3 is 0 Å². The highest BCUT2D eigenvalue weighted by Gasteiger charge is 2.05. The second kappa shape index (κ2) is 6.50. The molecule has 0 aliphatic carbocycles. The van der Waals surface area contributed by atoms with Crippen molar-refractivity contribution in [3.63, 3.8) is 0 Å². The van der Waals surface area contributed by atoms with Crippen molar-refractivity contribution < 1.29 is 0 Å². The molecule has 0 unspecified atom stereocenters. The first kappa shape index (κ1) is 15.1. The standard InChI is InChI=1S/C21H22S/c1-15-4-6-18(7-5-15)8-9-19-10-11-20(13-17(19)3)21-12-16(2)14-22-21/h4-7,10-14H,8-9H2,1-3H3. The monoisotopic (exact) mass is 306 g/mol. The minimum atomic E-state index is 1.11. The second-order valence-electron chi connectivity index (χ2n) is 6.12. The van der Waals surface area contributed by atoms with E-state index in [1.165, 1.54) is 38.3 Å². The van der Waals surface area contributed by atoms with E-state index in [0.717, 1.165) is 12.8 Å². The summed E-state index contributed by atoms with van der Waals surface area (Å²) in [5.41, 5.74) is 8.29. The minimum Gasteiger partial charge on any atom is -0.144 e. The van der Waals surface area contributed by atoms with Crippen LogP contribution >= 0.6 is 11.3 Å². The largest absolute Gasteiger partial charge is 0.144 e. The highest BCUT2D eigenvalue weighted by Crippen LogP contribution is 2.28. The van der Waals surface area contributed by atoms with Crippen molar-refractivity contribution in [2.45, 2.75) is 33.6 Å². The number of benzene rings is 2. The number of thiophene rings is 1. The Morgan fingerprint density at radius 2 is 1.55 bits per heavy atom. The fraction of sp³-hybridized carbons (Fsp3) is 0.238. The molecule has 0 amide bonds. The summed E-state index contributed by atoms with van der Waals surface area (Å²) >= 11 is 1.83. The second-order valence-corrected chi connectivity index (χ2v) is 7.03. The lowest BCUT2D eigenvalue weighted by Gasteiger charge is -2.08. The molecule has 0 saturated carbocycles. The topological polar surface area (TPSA) is 0 Å². The third-order valence-corrected chi connectivity index (χ3v) is 5.26. The fourth-order valence-corrected chi connectivity index (χ4v) is 3.64. The third-order valence-electron chi connectivity index (χ3n) is 4.16. The van der Waals surface area contributed by atoms with Crippen LogP contribution in [0, 0.1) is 20.8 Å². The molecular formula is C21H22S. The lowest BCUT2D eigenvalue weighted by molar-refractivity contribution is 0.949. The Kier molecular flexibility index (Phi) is 4.44. The molecular weight excluding hydrogens is 284 g/mol. The Bertz CT molecular complexity index is 763. The molecule has 1 heterocycles. The smallest absolute Gasteiger partial charge is 0.0345 e. The third kappa shape index (κ3) is 3.48. The number of hydrogen-bond acceptors (Lipinski definition) is 1. The predicted molar refractivity (Wildman–Crippen MR) is 97.8 cm³/mol. The van der Waals surface area contributed by atoms with Crippen LogP contribution < -0.4 is 0 Å². The maximum absolute atomic E-state index is 2.33. The average Bonchev–Trinajstić information content (AvgIpc) is 2.94. The van der Waals surface area contributed by atoms with E-state index in [-0.39, 0.29) is 0 Å². The van der Waals surface area contributed by atoms with Gasteiger partial charge in [0.1, 0.15) is 0 Å². The SMILES string of the molecule is Cc1ccc(CCc2ccc(-c3cc(C)cs3)cc2C)cc1. The normalized spacial score (nSPS) is 10.9. The summed E-state index contributed by atoms with van der Waals surface area (Å²) in [6.07, 6.45) is 2.22. The van der Waals surface area contributed by atoms with Crippen LogP contribution in [-0.2, 0) is 12.8 Å². The average molecular weight is 306 g/mol. The molecule has 0 spiro atoms. The summed E-state index contributed by atoms with van der Waals surface area (Å²) < 4.78 is 0. The van der Waals surface area contributed by atoms with Crippen molar-refractivity contribution in [1.82, 2.24) is 0 Å². The van der Waals surface area contributed by atoms with Crippen LogP contribution in [0.2, 0.25) is 0 Å². The Morgan fingerprint density at radius 1 is 0.773 bits per heavy atom. The number of rotatable bonds is 4. The molecule has 112 valence electrons. The zero-order valence-corrected chi connectivity index (χ0v) is 14.3. The van der Waals surface area contributed by atoms with E-state index in [1.54, 1.807) is 0 Å². The summed E-state index contributed by atoms with van der Waals surface area (Å²) in [7, 11) is 0. The van der Waals surface area contributed by atoms with Crippen molar-refractivity contribution in [3.05, 3.63) is 81.7 Å². The van der Waals surface area contributed by atoms with Crippen molar-refractivity contribution >= 4 is 11.3 Å². The van der Waals surface area contributed by atoms with E-state index in [2.05, 4.69) is 74.7 Å². The first-order valence-electron chi connectivity index (χ1n) is 7.82. The molecule has 0 aliphatic rings. The van der Waals surface area contributed by atoms with Gasteiger partial charge in [0.25, 0.3) is 0 Å². The van der Waals surface area contributed by atoms with E-state index in [0.29, 0.717) is 0 Å². The summed E-state index contributed by atoms with van der Waals surface area (Å²) in [5, 5.41) is 2.22. The summed E-state index contributed by atoms with van der Waals surface area (Å²) in [4.78, 5) is 1.37. The fourth-order valence-electron chi connectivity index (χ4n) is 2.75. The van der Waals surface area contributed by atoms with Crippen molar-refractivity contribution in [1.29, 1.82) is 0 Å². The van der Waals surface area contributed by atoms with Crippen LogP contribution in [0.3, 0.4) is 0 Å². The van der Waals surface area contributed by atoms with E-state index < -0.39 is 0 Å². The quantitative estimate of drug-likeness (QED) is 0.544. The number of hydrogen-bond donors (Lipinski definition) is 0. The first-order chi connectivity index (χ1) is 10.6. The Hall–Kier alpha value is -1.86. The van der Waals surface area contributed by atoms with Gasteiger partial charge < -0.3 is 0 Å². The van der Waals surface area contributed by atoms with Crippen LogP contribution in [0.4, 0.5) is 0 Å². The van der Waals surface area contributed by atoms with Crippen molar-refractivity contribution in [2.24, 2.45) is 0 Å². The molecule has 0 N–H and O–H groups in total. The van der Waals surface area contributed by atoms with Gasteiger partial charge in [0.05, 0.1) is 0 Å². The van der Waals surface area contributed by atoms with Crippen LogP contribution in [0.5, 0.6) is 0 Å². The molecule has 0 radical (unpaired) electrons. The molecule has 0 bridgehead atoms. The van der Waals surface area contributed by atoms with Crippen molar-refractivity contribution in [3.8, 4) is 10.4 Å². The lowest BCUT2D eigenvalue weighted by Crippen LogP contribution is -1.94. The van der Waals surface area contributed by atoms with E-state index in [1.807, 2.05) is 11.3 Å². The highest BCUT2D eigenvalue weighted by atomic mass is 32.1.